The number of fused-ring (bicyclic) bond motifs is 7. The van der Waals surface area contributed by atoms with E-state index in [9.17, 15) is 10.2 Å². The van der Waals surface area contributed by atoms with Gasteiger partial charge in [-0.05, 0) is 115 Å². The van der Waals surface area contributed by atoms with Gasteiger partial charge in [0.15, 0.2) is 6.23 Å². The van der Waals surface area contributed by atoms with Gasteiger partial charge in [-0.3, -0.25) is 0 Å². The zero-order valence-corrected chi connectivity index (χ0v) is 25.9. The van der Waals surface area contributed by atoms with E-state index >= 15 is 0 Å². The van der Waals surface area contributed by atoms with E-state index in [1.54, 1.807) is 17.3 Å². The monoisotopic (exact) mass is 587 g/mol. The van der Waals surface area contributed by atoms with E-state index in [1.807, 2.05) is 0 Å². The van der Waals surface area contributed by atoms with Crippen molar-refractivity contribution in [2.75, 3.05) is 5.33 Å². The van der Waals surface area contributed by atoms with Crippen LogP contribution >= 0.6 is 15.9 Å². The van der Waals surface area contributed by atoms with Gasteiger partial charge in [-0.25, -0.2) is 9.67 Å². The molecule has 5 aliphatic carbocycles. The number of alkyl halides is 1. The third kappa shape index (κ3) is 3.35. The smallest absolute Gasteiger partial charge is 0.154 e. The van der Waals surface area contributed by atoms with E-state index in [2.05, 4.69) is 67.2 Å². The topological polar surface area (TPSA) is 71.2 Å². The zero-order valence-electron chi connectivity index (χ0n) is 24.3. The summed E-state index contributed by atoms with van der Waals surface area (Å²) in [6.45, 7) is 17.1. The van der Waals surface area contributed by atoms with Gasteiger partial charge in [0, 0.05) is 10.7 Å². The van der Waals surface area contributed by atoms with Crippen LogP contribution in [-0.2, 0) is 0 Å². The molecular formula is C32H50BrN3O2. The Morgan fingerprint density at radius 3 is 2.42 bits per heavy atom. The highest BCUT2D eigenvalue weighted by Gasteiger charge is 2.71. The summed E-state index contributed by atoms with van der Waals surface area (Å²) in [5.41, 5.74) is 1.90. The van der Waals surface area contributed by atoms with Crippen molar-refractivity contribution in [2.24, 2.45) is 56.7 Å². The van der Waals surface area contributed by atoms with Gasteiger partial charge in [0.05, 0.1) is 6.10 Å². The molecule has 1 aromatic heterocycles. The van der Waals surface area contributed by atoms with Gasteiger partial charge < -0.3 is 10.2 Å². The quantitative estimate of drug-likeness (QED) is 0.289. The molecule has 5 nitrogen and oxygen atoms in total. The van der Waals surface area contributed by atoms with Crippen LogP contribution in [0.5, 0.6) is 0 Å². The molecule has 0 aromatic carbocycles. The van der Waals surface area contributed by atoms with Crippen molar-refractivity contribution >= 4 is 15.9 Å². The molecule has 1 heterocycles. The third-order valence-corrected chi connectivity index (χ3v) is 15.1. The third-order valence-electron chi connectivity index (χ3n) is 14.4. The Morgan fingerprint density at radius 1 is 0.974 bits per heavy atom. The molecule has 5 saturated carbocycles. The fraction of sp³-hybridized carbons (Fsp3) is 0.875. The normalized spacial score (nSPS) is 50.3. The summed E-state index contributed by atoms with van der Waals surface area (Å²) in [6, 6.07) is 0. The van der Waals surface area contributed by atoms with Gasteiger partial charge >= 0.3 is 0 Å². The lowest BCUT2D eigenvalue weighted by molar-refractivity contribution is -0.257. The number of halogens is 1. The first kappa shape index (κ1) is 27.4. The average Bonchev–Trinajstić information content (AvgIpc) is 3.55. The van der Waals surface area contributed by atoms with E-state index < -0.39 is 6.23 Å². The Balaban J connectivity index is 1.41. The first-order chi connectivity index (χ1) is 17.9. The van der Waals surface area contributed by atoms with Gasteiger partial charge in [0.1, 0.15) is 12.7 Å². The van der Waals surface area contributed by atoms with Crippen molar-refractivity contribution in [3.05, 3.63) is 24.8 Å². The van der Waals surface area contributed by atoms with Gasteiger partial charge in [-0.1, -0.05) is 62.7 Å². The first-order valence-corrected chi connectivity index (χ1v) is 16.4. The van der Waals surface area contributed by atoms with Crippen molar-refractivity contribution in [3.63, 3.8) is 0 Å². The number of aromatic nitrogens is 3. The molecule has 0 saturated heterocycles. The summed E-state index contributed by atoms with van der Waals surface area (Å²) < 4.78 is 1.73. The minimum Gasteiger partial charge on any atom is -0.393 e. The lowest BCUT2D eigenvalue weighted by Crippen LogP contribution is -2.67. The molecule has 6 heteroatoms. The lowest BCUT2D eigenvalue weighted by Gasteiger charge is -2.73. The van der Waals surface area contributed by atoms with E-state index in [-0.39, 0.29) is 33.2 Å². The Bertz CT molecular complexity index is 1070. The number of allylic oxidation sites excluding steroid dienone is 1. The molecule has 2 N–H and O–H groups in total. The molecule has 0 bridgehead atoms. The predicted octanol–water partition coefficient (Wildman–Crippen LogP) is 7.16. The molecule has 0 aliphatic heterocycles. The standard InChI is InChI=1S/C32H50BrN3O2/c1-20(17-33)21-9-14-32(27(38)36-19-34-18-35-36)16-15-30(5)22(26(21)32)7-8-24-29(4)12-11-25(37)28(2,3)23(29)10-13-31(24,30)6/h18-19,21-27,37-38H,1,7-17H2,2-6H3/t21-,22+,23-,24+,25-,26+,27?,29-,30+,31+,32-/m0/s1. The highest BCUT2D eigenvalue weighted by atomic mass is 79.9. The fourth-order valence-electron chi connectivity index (χ4n) is 12.2. The van der Waals surface area contributed by atoms with E-state index in [0.29, 0.717) is 29.6 Å². The van der Waals surface area contributed by atoms with Crippen LogP contribution in [-0.4, -0.2) is 36.4 Å². The van der Waals surface area contributed by atoms with Crippen LogP contribution in [0.2, 0.25) is 0 Å². The van der Waals surface area contributed by atoms with Crippen molar-refractivity contribution in [1.82, 2.24) is 14.8 Å². The molecule has 0 spiro atoms. The lowest BCUT2D eigenvalue weighted by atomic mass is 9.32. The minimum absolute atomic E-state index is 0.0140. The summed E-state index contributed by atoms with van der Waals surface area (Å²) in [5.74, 6) is 2.70. The van der Waals surface area contributed by atoms with Gasteiger partial charge in [0.25, 0.3) is 0 Å². The van der Waals surface area contributed by atoms with Crippen molar-refractivity contribution in [3.8, 4) is 0 Å². The van der Waals surface area contributed by atoms with E-state index in [0.717, 1.165) is 37.4 Å². The molecule has 212 valence electrons. The second kappa shape index (κ2) is 8.89. The maximum atomic E-state index is 11.9. The number of hydrogen-bond donors (Lipinski definition) is 2. The highest BCUT2D eigenvalue weighted by Crippen LogP contribution is 2.78. The number of aliphatic hydroxyl groups is 2. The molecule has 5 aliphatic rings. The number of hydrogen-bond acceptors (Lipinski definition) is 4. The first-order valence-electron chi connectivity index (χ1n) is 15.3. The van der Waals surface area contributed by atoms with Crippen LogP contribution in [0.3, 0.4) is 0 Å². The van der Waals surface area contributed by atoms with Crippen molar-refractivity contribution < 1.29 is 10.2 Å². The predicted molar refractivity (Wildman–Crippen MR) is 154 cm³/mol. The zero-order chi connectivity index (χ0) is 27.3. The maximum absolute atomic E-state index is 11.9. The SMILES string of the molecule is C=C(CBr)[C@@H]1CC[C@]2(C(O)n3cncn3)CC[C@]3(C)[C@H](CC[C@@H]4[C@@]5(C)CC[C@H](O)C(C)(C)[C@@H]5CC[C@]43C)[C@@H]12. The molecule has 11 atom stereocenters. The molecular weight excluding hydrogens is 538 g/mol. The average molecular weight is 589 g/mol. The maximum Gasteiger partial charge on any atom is 0.154 e. The molecule has 5 fully saturated rings. The summed E-state index contributed by atoms with van der Waals surface area (Å²) in [4.78, 5) is 4.19. The molecule has 1 unspecified atom stereocenters. The molecule has 1 aromatic rings. The Morgan fingerprint density at radius 2 is 1.74 bits per heavy atom. The van der Waals surface area contributed by atoms with E-state index in [4.69, 9.17) is 0 Å². The van der Waals surface area contributed by atoms with Crippen LogP contribution in [0.25, 0.3) is 0 Å². The minimum atomic E-state index is -0.632. The van der Waals surface area contributed by atoms with Crippen LogP contribution in [0.15, 0.2) is 24.8 Å². The number of aliphatic hydroxyl groups excluding tert-OH is 2. The second-order valence-corrected chi connectivity index (χ2v) is 16.1. The largest absolute Gasteiger partial charge is 0.393 e. The van der Waals surface area contributed by atoms with Crippen LogP contribution in [0.1, 0.15) is 105 Å². The summed E-state index contributed by atoms with van der Waals surface area (Å²) in [6.07, 6.45) is 13.9. The number of nitrogens with zero attached hydrogens (tertiary/aromatic N) is 3. The molecule has 0 amide bonds. The summed E-state index contributed by atoms with van der Waals surface area (Å²) in [7, 11) is 0. The van der Waals surface area contributed by atoms with Gasteiger partial charge in [-0.15, -0.1) is 0 Å². The van der Waals surface area contributed by atoms with Crippen molar-refractivity contribution in [1.29, 1.82) is 0 Å². The van der Waals surface area contributed by atoms with Crippen LogP contribution < -0.4 is 0 Å². The highest BCUT2D eigenvalue weighted by molar-refractivity contribution is 9.09. The van der Waals surface area contributed by atoms with E-state index in [1.165, 1.54) is 37.7 Å². The Kier molecular flexibility index (Phi) is 6.42. The molecule has 6 rings (SSSR count). The summed E-state index contributed by atoms with van der Waals surface area (Å²) in [5, 5.41) is 28.2. The molecule has 0 radical (unpaired) electrons. The van der Waals surface area contributed by atoms with Crippen LogP contribution in [0, 0.1) is 56.7 Å². The second-order valence-electron chi connectivity index (χ2n) is 15.5. The Labute approximate surface area is 238 Å². The molecule has 38 heavy (non-hydrogen) atoms. The summed E-state index contributed by atoms with van der Waals surface area (Å²) >= 11 is 3.75. The Hall–Kier alpha value is -0.720. The van der Waals surface area contributed by atoms with Gasteiger partial charge in [0.2, 0.25) is 0 Å². The number of rotatable bonds is 4. The van der Waals surface area contributed by atoms with Gasteiger partial charge in [-0.2, -0.15) is 5.10 Å². The van der Waals surface area contributed by atoms with Crippen molar-refractivity contribution in [2.45, 2.75) is 111 Å². The fourth-order valence-corrected chi connectivity index (χ4v) is 12.7. The van der Waals surface area contributed by atoms with Crippen LogP contribution in [0.4, 0.5) is 0 Å².